The molecule has 2 aromatic rings. The maximum absolute atomic E-state index is 10.6. The number of anilines is 1. The Morgan fingerprint density at radius 2 is 1.95 bits per heavy atom. The molecule has 0 saturated heterocycles. The van der Waals surface area contributed by atoms with Gasteiger partial charge in [0, 0.05) is 19.2 Å². The molecule has 1 aromatic heterocycles. The summed E-state index contributed by atoms with van der Waals surface area (Å²) in [6.07, 6.45) is 1.23. The highest BCUT2D eigenvalue weighted by Gasteiger charge is 2.11. The third kappa shape index (κ3) is 3.52. The van der Waals surface area contributed by atoms with E-state index in [0.29, 0.717) is 18.9 Å². The lowest BCUT2D eigenvalue weighted by Crippen LogP contribution is -2.26. The summed E-state index contributed by atoms with van der Waals surface area (Å²) >= 11 is 0. The molecule has 1 N–H and O–H groups in total. The van der Waals surface area contributed by atoms with E-state index in [1.54, 1.807) is 6.07 Å². The number of pyridine rings is 1. The van der Waals surface area contributed by atoms with E-state index in [4.69, 9.17) is 5.11 Å². The van der Waals surface area contributed by atoms with Crippen molar-refractivity contribution in [1.82, 2.24) is 4.98 Å². The van der Waals surface area contributed by atoms with Crippen LogP contribution in [0, 0.1) is 10.1 Å². The van der Waals surface area contributed by atoms with Gasteiger partial charge >= 0.3 is 0 Å². The Hall–Kier alpha value is -2.47. The number of aliphatic hydroxyl groups excluding tert-OH is 1. The first kappa shape index (κ1) is 14.0. The first-order chi connectivity index (χ1) is 9.70. The van der Waals surface area contributed by atoms with E-state index in [1.807, 2.05) is 35.2 Å². The number of hydrogen-bond donors (Lipinski definition) is 1. The summed E-state index contributed by atoms with van der Waals surface area (Å²) in [4.78, 5) is 16.1. The molecule has 104 valence electrons. The largest absolute Gasteiger partial charge is 0.395 e. The van der Waals surface area contributed by atoms with Gasteiger partial charge in [-0.15, -0.1) is 0 Å². The molecule has 6 nitrogen and oxygen atoms in total. The lowest BCUT2D eigenvalue weighted by Gasteiger charge is -2.22. The number of aliphatic hydroxyl groups is 1. The van der Waals surface area contributed by atoms with Crippen LogP contribution in [0.1, 0.15) is 5.56 Å². The molecule has 6 heteroatoms. The molecule has 0 radical (unpaired) electrons. The summed E-state index contributed by atoms with van der Waals surface area (Å²) in [7, 11) is 0. The highest BCUT2D eigenvalue weighted by atomic mass is 16.6. The standard InChI is InChI=1S/C14H15N3O3/c18-9-8-16(11-12-4-2-1-3-5-12)14-7-6-13(10-15-14)17(19)20/h1-7,10,18H,8-9,11H2. The molecule has 20 heavy (non-hydrogen) atoms. The topological polar surface area (TPSA) is 79.5 Å². The molecule has 2 rings (SSSR count). The number of hydrogen-bond acceptors (Lipinski definition) is 5. The number of rotatable bonds is 6. The van der Waals surface area contributed by atoms with Crippen LogP contribution in [-0.4, -0.2) is 28.2 Å². The van der Waals surface area contributed by atoms with Crippen LogP contribution in [0.3, 0.4) is 0 Å². The molecular weight excluding hydrogens is 258 g/mol. The maximum Gasteiger partial charge on any atom is 0.287 e. The highest BCUT2D eigenvalue weighted by molar-refractivity contribution is 5.43. The zero-order chi connectivity index (χ0) is 14.4. The lowest BCUT2D eigenvalue weighted by molar-refractivity contribution is -0.385. The van der Waals surface area contributed by atoms with Crippen LogP contribution in [0.15, 0.2) is 48.7 Å². The van der Waals surface area contributed by atoms with Gasteiger partial charge in [0.15, 0.2) is 0 Å². The summed E-state index contributed by atoms with van der Waals surface area (Å²) in [5.41, 5.74) is 1.04. The normalized spacial score (nSPS) is 10.2. The average molecular weight is 273 g/mol. The minimum Gasteiger partial charge on any atom is -0.395 e. The molecule has 1 heterocycles. The van der Waals surface area contributed by atoms with Crippen molar-refractivity contribution in [1.29, 1.82) is 0 Å². The third-order valence-electron chi connectivity index (χ3n) is 2.85. The fraction of sp³-hybridized carbons (Fsp3) is 0.214. The minimum atomic E-state index is -0.482. The van der Waals surface area contributed by atoms with E-state index in [0.717, 1.165) is 5.56 Å². The summed E-state index contributed by atoms with van der Waals surface area (Å²) in [5, 5.41) is 19.8. The van der Waals surface area contributed by atoms with Crippen molar-refractivity contribution in [2.45, 2.75) is 6.54 Å². The molecule has 0 spiro atoms. The van der Waals surface area contributed by atoms with Gasteiger partial charge in [-0.05, 0) is 11.6 Å². The maximum atomic E-state index is 10.6. The van der Waals surface area contributed by atoms with E-state index in [1.165, 1.54) is 12.3 Å². The van der Waals surface area contributed by atoms with Crippen molar-refractivity contribution in [3.63, 3.8) is 0 Å². The SMILES string of the molecule is O=[N+]([O-])c1ccc(N(CCO)Cc2ccccc2)nc1. The summed E-state index contributed by atoms with van der Waals surface area (Å²) in [5.74, 6) is 0.605. The van der Waals surface area contributed by atoms with Gasteiger partial charge in [0.25, 0.3) is 5.69 Å². The molecule has 0 fully saturated rings. The molecule has 0 bridgehead atoms. The van der Waals surface area contributed by atoms with Gasteiger partial charge in [-0.2, -0.15) is 0 Å². The predicted octanol–water partition coefficient (Wildman–Crippen LogP) is 1.99. The molecular formula is C14H15N3O3. The van der Waals surface area contributed by atoms with Gasteiger partial charge in [-0.1, -0.05) is 30.3 Å². The molecule has 0 aliphatic carbocycles. The molecule has 0 aliphatic heterocycles. The molecule has 0 saturated carbocycles. The first-order valence-corrected chi connectivity index (χ1v) is 6.21. The Bertz CT molecular complexity index is 558. The van der Waals surface area contributed by atoms with Gasteiger partial charge in [0.05, 0.1) is 11.5 Å². The van der Waals surface area contributed by atoms with E-state index in [-0.39, 0.29) is 12.3 Å². The Morgan fingerprint density at radius 3 is 2.50 bits per heavy atom. The van der Waals surface area contributed by atoms with Gasteiger partial charge < -0.3 is 10.0 Å². The first-order valence-electron chi connectivity index (χ1n) is 6.21. The number of nitro groups is 1. The third-order valence-corrected chi connectivity index (χ3v) is 2.85. The van der Waals surface area contributed by atoms with E-state index in [9.17, 15) is 10.1 Å². The van der Waals surface area contributed by atoms with Crippen molar-refractivity contribution in [2.24, 2.45) is 0 Å². The highest BCUT2D eigenvalue weighted by Crippen LogP contribution is 2.17. The predicted molar refractivity (Wildman–Crippen MR) is 75.5 cm³/mol. The van der Waals surface area contributed by atoms with Crippen LogP contribution in [0.5, 0.6) is 0 Å². The van der Waals surface area contributed by atoms with Crippen molar-refractivity contribution in [3.8, 4) is 0 Å². The van der Waals surface area contributed by atoms with Crippen LogP contribution < -0.4 is 4.90 Å². The zero-order valence-corrected chi connectivity index (χ0v) is 10.8. The quantitative estimate of drug-likeness (QED) is 0.643. The fourth-order valence-electron chi connectivity index (χ4n) is 1.87. The summed E-state index contributed by atoms with van der Waals surface area (Å²) in [6.45, 7) is 0.997. The van der Waals surface area contributed by atoms with Crippen molar-refractivity contribution >= 4 is 11.5 Å². The van der Waals surface area contributed by atoms with Crippen LogP contribution in [0.25, 0.3) is 0 Å². The van der Waals surface area contributed by atoms with E-state index in [2.05, 4.69) is 4.98 Å². The molecule has 0 amide bonds. The van der Waals surface area contributed by atoms with Gasteiger partial charge in [0.1, 0.15) is 12.0 Å². The lowest BCUT2D eigenvalue weighted by atomic mass is 10.2. The molecule has 0 unspecified atom stereocenters. The molecule has 1 aromatic carbocycles. The monoisotopic (exact) mass is 273 g/mol. The Kier molecular flexibility index (Phi) is 4.62. The fourth-order valence-corrected chi connectivity index (χ4v) is 1.87. The number of nitrogens with zero attached hydrogens (tertiary/aromatic N) is 3. The van der Waals surface area contributed by atoms with Crippen LogP contribution >= 0.6 is 0 Å². The van der Waals surface area contributed by atoms with Crippen molar-refractivity contribution < 1.29 is 10.0 Å². The Morgan fingerprint density at radius 1 is 1.20 bits per heavy atom. The number of benzene rings is 1. The van der Waals surface area contributed by atoms with Crippen molar-refractivity contribution in [2.75, 3.05) is 18.1 Å². The second-order valence-electron chi connectivity index (χ2n) is 4.26. The second-order valence-corrected chi connectivity index (χ2v) is 4.26. The van der Waals surface area contributed by atoms with E-state index < -0.39 is 4.92 Å². The summed E-state index contributed by atoms with van der Waals surface area (Å²) in [6, 6.07) is 12.8. The minimum absolute atomic E-state index is 0.00843. The Balaban J connectivity index is 2.17. The van der Waals surface area contributed by atoms with E-state index >= 15 is 0 Å². The average Bonchev–Trinajstić information content (AvgIpc) is 2.48. The van der Waals surface area contributed by atoms with Crippen molar-refractivity contribution in [3.05, 3.63) is 64.3 Å². The smallest absolute Gasteiger partial charge is 0.287 e. The zero-order valence-electron chi connectivity index (χ0n) is 10.8. The van der Waals surface area contributed by atoms with Gasteiger partial charge in [-0.25, -0.2) is 4.98 Å². The van der Waals surface area contributed by atoms with Crippen LogP contribution in [-0.2, 0) is 6.54 Å². The number of aromatic nitrogens is 1. The van der Waals surface area contributed by atoms with Gasteiger partial charge in [0.2, 0.25) is 0 Å². The van der Waals surface area contributed by atoms with Gasteiger partial charge in [-0.3, -0.25) is 10.1 Å². The Labute approximate surface area is 116 Å². The van der Waals surface area contributed by atoms with Crippen LogP contribution in [0.2, 0.25) is 0 Å². The van der Waals surface area contributed by atoms with Crippen LogP contribution in [0.4, 0.5) is 11.5 Å². The molecule has 0 aliphatic rings. The molecule has 0 atom stereocenters. The second kappa shape index (κ2) is 6.63. The summed E-state index contributed by atoms with van der Waals surface area (Å²) < 4.78 is 0.